The lowest BCUT2D eigenvalue weighted by Crippen LogP contribution is -2.33. The highest BCUT2D eigenvalue weighted by Crippen LogP contribution is 1.99. The van der Waals surface area contributed by atoms with Crippen molar-refractivity contribution in [2.45, 2.75) is 6.42 Å². The van der Waals surface area contributed by atoms with Crippen molar-refractivity contribution in [1.29, 1.82) is 0 Å². The van der Waals surface area contributed by atoms with Gasteiger partial charge in [-0.1, -0.05) is 0 Å². The number of rotatable bonds is 6. The van der Waals surface area contributed by atoms with Crippen LogP contribution in [0.5, 0.6) is 0 Å². The van der Waals surface area contributed by atoms with Crippen LogP contribution >= 0.6 is 0 Å². The van der Waals surface area contributed by atoms with Crippen molar-refractivity contribution in [2.24, 2.45) is 0 Å². The van der Waals surface area contributed by atoms with Crippen LogP contribution in [0.15, 0.2) is 22.8 Å². The van der Waals surface area contributed by atoms with Gasteiger partial charge in [0.15, 0.2) is 5.76 Å². The molecular formula is C11H16N2O4. The Morgan fingerprint density at radius 3 is 2.88 bits per heavy atom. The fraction of sp³-hybridized carbons (Fsp3) is 0.455. The first kappa shape index (κ1) is 13.2. The van der Waals surface area contributed by atoms with E-state index in [1.165, 1.54) is 11.2 Å². The van der Waals surface area contributed by atoms with Crippen LogP contribution in [0, 0.1) is 0 Å². The van der Waals surface area contributed by atoms with E-state index in [4.69, 9.17) is 9.52 Å². The number of aliphatic hydroxyl groups is 1. The summed E-state index contributed by atoms with van der Waals surface area (Å²) >= 11 is 0. The first-order valence-electron chi connectivity index (χ1n) is 5.31. The van der Waals surface area contributed by atoms with Gasteiger partial charge in [-0.3, -0.25) is 9.59 Å². The molecular weight excluding hydrogens is 224 g/mol. The number of nitrogens with zero attached hydrogens (tertiary/aromatic N) is 1. The Hall–Kier alpha value is -1.82. The highest BCUT2D eigenvalue weighted by Gasteiger charge is 2.10. The molecule has 17 heavy (non-hydrogen) atoms. The maximum Gasteiger partial charge on any atom is 0.286 e. The number of carbonyl (C=O) groups excluding carboxylic acids is 2. The molecule has 0 saturated heterocycles. The Labute approximate surface area is 99.2 Å². The molecule has 0 radical (unpaired) electrons. The summed E-state index contributed by atoms with van der Waals surface area (Å²) in [6.07, 6.45) is 1.61. The lowest BCUT2D eigenvalue weighted by Gasteiger charge is -2.15. The highest BCUT2D eigenvalue weighted by atomic mass is 16.3. The molecule has 0 bridgehead atoms. The van der Waals surface area contributed by atoms with Crippen LogP contribution in [0.25, 0.3) is 0 Å². The van der Waals surface area contributed by atoms with Crippen LogP contribution < -0.4 is 5.32 Å². The van der Waals surface area contributed by atoms with E-state index < -0.39 is 0 Å². The van der Waals surface area contributed by atoms with Gasteiger partial charge in [0, 0.05) is 26.6 Å². The van der Waals surface area contributed by atoms with E-state index in [2.05, 4.69) is 5.32 Å². The lowest BCUT2D eigenvalue weighted by atomic mass is 10.3. The average Bonchev–Trinajstić information content (AvgIpc) is 2.82. The van der Waals surface area contributed by atoms with E-state index in [-0.39, 0.29) is 37.1 Å². The molecule has 94 valence electrons. The fourth-order valence-electron chi connectivity index (χ4n) is 1.24. The monoisotopic (exact) mass is 240 g/mol. The van der Waals surface area contributed by atoms with Crippen LogP contribution in [0.2, 0.25) is 0 Å². The van der Waals surface area contributed by atoms with Crippen molar-refractivity contribution < 1.29 is 19.1 Å². The topological polar surface area (TPSA) is 82.8 Å². The van der Waals surface area contributed by atoms with E-state index in [0.29, 0.717) is 6.54 Å². The third kappa shape index (κ3) is 4.28. The Morgan fingerprint density at radius 1 is 1.53 bits per heavy atom. The van der Waals surface area contributed by atoms with Crippen molar-refractivity contribution in [3.63, 3.8) is 0 Å². The molecule has 1 rings (SSSR count). The molecule has 0 atom stereocenters. The quantitative estimate of drug-likeness (QED) is 0.724. The van der Waals surface area contributed by atoms with Crippen molar-refractivity contribution in [1.82, 2.24) is 10.2 Å². The van der Waals surface area contributed by atoms with E-state index in [1.807, 2.05) is 0 Å². The Kier molecular flexibility index (Phi) is 5.22. The normalized spacial score (nSPS) is 10.0. The van der Waals surface area contributed by atoms with Gasteiger partial charge in [-0.15, -0.1) is 0 Å². The van der Waals surface area contributed by atoms with Gasteiger partial charge in [-0.2, -0.15) is 0 Å². The van der Waals surface area contributed by atoms with Crippen LogP contribution in [0.1, 0.15) is 17.0 Å². The van der Waals surface area contributed by atoms with Crippen LogP contribution in [-0.2, 0) is 4.79 Å². The summed E-state index contributed by atoms with van der Waals surface area (Å²) in [5, 5.41) is 11.2. The van der Waals surface area contributed by atoms with Crippen molar-refractivity contribution in [3.05, 3.63) is 24.2 Å². The summed E-state index contributed by atoms with van der Waals surface area (Å²) in [7, 11) is 1.60. The minimum Gasteiger partial charge on any atom is -0.459 e. The number of hydrogen-bond acceptors (Lipinski definition) is 4. The van der Waals surface area contributed by atoms with Crippen molar-refractivity contribution in [2.75, 3.05) is 26.7 Å². The minimum absolute atomic E-state index is 0.0685. The van der Waals surface area contributed by atoms with Gasteiger partial charge in [-0.25, -0.2) is 0 Å². The Morgan fingerprint density at radius 2 is 2.29 bits per heavy atom. The zero-order valence-corrected chi connectivity index (χ0v) is 9.68. The largest absolute Gasteiger partial charge is 0.459 e. The molecule has 0 aliphatic rings. The molecule has 1 aromatic rings. The predicted octanol–water partition coefficient (Wildman–Crippen LogP) is -0.150. The average molecular weight is 240 g/mol. The first-order chi connectivity index (χ1) is 8.15. The molecule has 0 unspecified atom stereocenters. The van der Waals surface area contributed by atoms with Crippen molar-refractivity contribution >= 4 is 11.8 Å². The number of furan rings is 1. The summed E-state index contributed by atoms with van der Waals surface area (Å²) in [5.41, 5.74) is 0. The molecule has 0 spiro atoms. The smallest absolute Gasteiger partial charge is 0.286 e. The molecule has 1 heterocycles. The third-order valence-corrected chi connectivity index (χ3v) is 2.23. The molecule has 1 aromatic heterocycles. The van der Waals surface area contributed by atoms with Crippen LogP contribution in [0.4, 0.5) is 0 Å². The van der Waals surface area contributed by atoms with Gasteiger partial charge in [0.1, 0.15) is 0 Å². The van der Waals surface area contributed by atoms with Gasteiger partial charge >= 0.3 is 0 Å². The maximum absolute atomic E-state index is 11.4. The predicted molar refractivity (Wildman–Crippen MR) is 60.4 cm³/mol. The van der Waals surface area contributed by atoms with Gasteiger partial charge in [0.25, 0.3) is 5.91 Å². The maximum atomic E-state index is 11.4. The van der Waals surface area contributed by atoms with Gasteiger partial charge in [-0.05, 0) is 12.1 Å². The number of amides is 2. The minimum atomic E-state index is -0.340. The Balaban J connectivity index is 2.24. The van der Waals surface area contributed by atoms with E-state index in [9.17, 15) is 9.59 Å². The summed E-state index contributed by atoms with van der Waals surface area (Å²) in [5.74, 6) is -0.243. The number of carbonyl (C=O) groups is 2. The molecule has 0 fully saturated rings. The van der Waals surface area contributed by atoms with E-state index >= 15 is 0 Å². The zero-order valence-electron chi connectivity index (χ0n) is 9.68. The van der Waals surface area contributed by atoms with Crippen LogP contribution in [0.3, 0.4) is 0 Å². The molecule has 2 N–H and O–H groups in total. The summed E-state index contributed by atoms with van der Waals surface area (Å²) < 4.78 is 4.90. The van der Waals surface area contributed by atoms with E-state index in [0.717, 1.165) is 0 Å². The van der Waals surface area contributed by atoms with Crippen molar-refractivity contribution in [3.8, 4) is 0 Å². The number of hydrogen-bond donors (Lipinski definition) is 2. The first-order valence-corrected chi connectivity index (χ1v) is 5.31. The van der Waals surface area contributed by atoms with Gasteiger partial charge in [0.05, 0.1) is 12.9 Å². The molecule has 0 saturated carbocycles. The SMILES string of the molecule is CN(CCO)C(=O)CCNC(=O)c1ccco1. The molecule has 0 aromatic carbocycles. The Bertz CT molecular complexity index is 362. The highest BCUT2D eigenvalue weighted by molar-refractivity contribution is 5.91. The van der Waals surface area contributed by atoms with Gasteiger partial charge < -0.3 is 19.7 Å². The molecule has 6 heteroatoms. The number of nitrogens with one attached hydrogen (secondary N) is 1. The molecule has 0 aliphatic heterocycles. The standard InChI is InChI=1S/C11H16N2O4/c1-13(6-7-14)10(15)4-5-12-11(16)9-3-2-8-17-9/h2-3,8,14H,4-7H2,1H3,(H,12,16). The second-order valence-corrected chi connectivity index (χ2v) is 3.52. The molecule has 0 aliphatic carbocycles. The summed E-state index contributed by atoms with van der Waals surface area (Å²) in [6.45, 7) is 0.472. The number of likely N-dealkylation sites (N-methyl/N-ethyl adjacent to an activating group) is 1. The van der Waals surface area contributed by atoms with Crippen LogP contribution in [-0.4, -0.2) is 48.6 Å². The number of aliphatic hydroxyl groups excluding tert-OH is 1. The van der Waals surface area contributed by atoms with Gasteiger partial charge in [0.2, 0.25) is 5.91 Å². The summed E-state index contributed by atoms with van der Waals surface area (Å²) in [6, 6.07) is 3.17. The lowest BCUT2D eigenvalue weighted by molar-refractivity contribution is -0.130. The molecule has 2 amide bonds. The van der Waals surface area contributed by atoms with E-state index in [1.54, 1.807) is 19.2 Å². The summed E-state index contributed by atoms with van der Waals surface area (Å²) in [4.78, 5) is 24.3. The zero-order chi connectivity index (χ0) is 12.7. The third-order valence-electron chi connectivity index (χ3n) is 2.23. The second-order valence-electron chi connectivity index (χ2n) is 3.52. The fourth-order valence-corrected chi connectivity index (χ4v) is 1.24. The molecule has 6 nitrogen and oxygen atoms in total. The second kappa shape index (κ2) is 6.70.